The van der Waals surface area contributed by atoms with Gasteiger partial charge in [0, 0.05) is 18.9 Å². The van der Waals surface area contributed by atoms with Gasteiger partial charge in [-0.25, -0.2) is 0 Å². The van der Waals surface area contributed by atoms with E-state index >= 15 is 0 Å². The molecule has 8 heteroatoms. The van der Waals surface area contributed by atoms with Crippen LogP contribution in [0.25, 0.3) is 0 Å². The van der Waals surface area contributed by atoms with Crippen molar-refractivity contribution in [3.63, 3.8) is 0 Å². The molecule has 3 saturated carbocycles. The number of aliphatic hydroxyl groups is 5. The van der Waals surface area contributed by atoms with Crippen LogP contribution in [-0.2, 0) is 14.2 Å². The smallest absolute Gasteiger partial charge is 0.186 e. The number of hydrogen-bond donors (Lipinski definition) is 5. The quantitative estimate of drug-likeness (QED) is 0.263. The van der Waals surface area contributed by atoms with E-state index in [0.29, 0.717) is 42.4 Å². The maximum atomic E-state index is 12.5. The van der Waals surface area contributed by atoms with E-state index < -0.39 is 60.5 Å². The molecule has 15 atom stereocenters. The highest BCUT2D eigenvalue weighted by Gasteiger charge is 2.65. The topological polar surface area (TPSA) is 129 Å². The summed E-state index contributed by atoms with van der Waals surface area (Å²) in [5.41, 5.74) is 0.128. The van der Waals surface area contributed by atoms with Gasteiger partial charge >= 0.3 is 0 Å². The molecule has 1 saturated heterocycles. The number of ether oxygens (including phenoxy) is 3. The third-order valence-electron chi connectivity index (χ3n) is 13.1. The average Bonchev–Trinajstić information content (AvgIpc) is 3.33. The van der Waals surface area contributed by atoms with Crippen LogP contribution in [0.15, 0.2) is 23.8 Å². The van der Waals surface area contributed by atoms with Crippen LogP contribution < -0.4 is 0 Å². The lowest BCUT2D eigenvalue weighted by Gasteiger charge is -2.63. The first-order chi connectivity index (χ1) is 20.2. The zero-order valence-electron chi connectivity index (χ0n) is 27.4. The van der Waals surface area contributed by atoms with E-state index in [4.69, 9.17) is 14.2 Å². The van der Waals surface area contributed by atoms with Crippen molar-refractivity contribution in [1.82, 2.24) is 0 Å². The Morgan fingerprint density at radius 2 is 1.67 bits per heavy atom. The summed E-state index contributed by atoms with van der Waals surface area (Å²) in [5.74, 6) is 3.12. The first-order valence-corrected chi connectivity index (χ1v) is 16.8. The number of rotatable bonds is 8. The van der Waals surface area contributed by atoms with Gasteiger partial charge in [0.25, 0.3) is 0 Å². The van der Waals surface area contributed by atoms with Crippen molar-refractivity contribution in [2.24, 2.45) is 46.3 Å². The molecule has 4 fully saturated rings. The minimum Gasteiger partial charge on any atom is -0.394 e. The van der Waals surface area contributed by atoms with E-state index in [1.165, 1.54) is 18.4 Å². The second-order valence-electron chi connectivity index (χ2n) is 15.5. The molecule has 0 amide bonds. The lowest BCUT2D eigenvalue weighted by molar-refractivity contribution is -0.323. The summed E-state index contributed by atoms with van der Waals surface area (Å²) in [6, 6.07) is 0. The minimum absolute atomic E-state index is 0.223. The summed E-state index contributed by atoms with van der Waals surface area (Å²) in [7, 11) is 1.67. The molecule has 0 aromatic carbocycles. The monoisotopic (exact) mass is 606 g/mol. The molecule has 246 valence electrons. The maximum absolute atomic E-state index is 12.5. The third kappa shape index (κ3) is 5.50. The largest absolute Gasteiger partial charge is 0.394 e. The van der Waals surface area contributed by atoms with E-state index in [-0.39, 0.29) is 11.3 Å². The molecule has 0 aromatic rings. The fraction of sp³-hybridized carbons (Fsp3) is 0.886. The SMILES string of the molecule is CO[C@@H]1C=C2[C@@H]3CC[C@H]([C@H](C)/C=C/[C@H](C)C(C)C)[C@@]3(C)CC[C@@H]2[C@@]2(C)CC[C@H](O[C@@H]3O[C@H](CO)[C@@H](O)[C@H](O)[C@H]3O)C[C@]12O. The molecule has 8 nitrogen and oxygen atoms in total. The zero-order chi connectivity index (χ0) is 31.5. The lowest BCUT2D eigenvalue weighted by Crippen LogP contribution is -2.66. The zero-order valence-corrected chi connectivity index (χ0v) is 27.4. The highest BCUT2D eigenvalue weighted by molar-refractivity contribution is 5.33. The Bertz CT molecular complexity index is 1040. The molecular formula is C35H58O8. The highest BCUT2D eigenvalue weighted by Crippen LogP contribution is 2.68. The van der Waals surface area contributed by atoms with E-state index in [2.05, 4.69) is 59.8 Å². The molecule has 0 bridgehead atoms. The molecule has 0 spiro atoms. The number of hydrogen-bond acceptors (Lipinski definition) is 8. The lowest BCUT2D eigenvalue weighted by atomic mass is 9.45. The van der Waals surface area contributed by atoms with Crippen LogP contribution >= 0.6 is 0 Å². The fourth-order valence-electron chi connectivity index (χ4n) is 9.86. The van der Waals surface area contributed by atoms with Crippen molar-refractivity contribution < 1.29 is 39.7 Å². The third-order valence-corrected chi connectivity index (χ3v) is 13.1. The molecule has 1 heterocycles. The van der Waals surface area contributed by atoms with Crippen molar-refractivity contribution in [2.45, 2.75) is 135 Å². The molecule has 5 rings (SSSR count). The first kappa shape index (κ1) is 33.5. The van der Waals surface area contributed by atoms with Crippen molar-refractivity contribution >= 4 is 0 Å². The predicted octanol–water partition coefficient (Wildman–Crippen LogP) is 3.97. The van der Waals surface area contributed by atoms with Crippen LogP contribution in [0.3, 0.4) is 0 Å². The summed E-state index contributed by atoms with van der Waals surface area (Å²) in [6.45, 7) is 13.5. The Labute approximate surface area is 258 Å². The van der Waals surface area contributed by atoms with Crippen molar-refractivity contribution in [3.8, 4) is 0 Å². The van der Waals surface area contributed by atoms with Gasteiger partial charge < -0.3 is 39.7 Å². The molecule has 0 radical (unpaired) electrons. The molecule has 43 heavy (non-hydrogen) atoms. The summed E-state index contributed by atoms with van der Waals surface area (Å²) < 4.78 is 17.9. The second-order valence-corrected chi connectivity index (χ2v) is 15.5. The van der Waals surface area contributed by atoms with Crippen LogP contribution in [0.4, 0.5) is 0 Å². The molecule has 1 aliphatic heterocycles. The van der Waals surface area contributed by atoms with Crippen LogP contribution in [0, 0.1) is 46.3 Å². The standard InChI is InChI=1S/C35H58O8/c1-19(2)20(3)8-9-21(4)24-10-11-25-23-16-28(41-7)35(40)17-22(12-15-34(35,6)26(23)13-14-33(24,25)5)42-32-31(39)30(38)29(37)27(18-36)43-32/h8-9,16,19-22,24-32,36-40H,10-15,17-18H2,1-7H3/b9-8+/t20-,21+,22-,24+,25-,26-,27+,28+,29+,30-,31+,32+,33+,34+,35-/m0/s1. The van der Waals surface area contributed by atoms with Crippen molar-refractivity contribution in [1.29, 1.82) is 0 Å². The summed E-state index contributed by atoms with van der Waals surface area (Å²) in [6.07, 6.45) is 5.84. The van der Waals surface area contributed by atoms with Crippen molar-refractivity contribution in [2.75, 3.05) is 13.7 Å². The summed E-state index contributed by atoms with van der Waals surface area (Å²) in [5, 5.41) is 53.1. The highest BCUT2D eigenvalue weighted by atomic mass is 16.7. The number of allylic oxidation sites excluding steroid dienone is 3. The van der Waals surface area contributed by atoms with Gasteiger partial charge in [-0.1, -0.05) is 65.3 Å². The van der Waals surface area contributed by atoms with Crippen LogP contribution in [0.2, 0.25) is 0 Å². The van der Waals surface area contributed by atoms with Gasteiger partial charge in [0.2, 0.25) is 0 Å². The van der Waals surface area contributed by atoms with E-state index in [1.807, 2.05) is 0 Å². The van der Waals surface area contributed by atoms with Gasteiger partial charge in [0.15, 0.2) is 6.29 Å². The Hall–Kier alpha value is -0.840. The molecular weight excluding hydrogens is 548 g/mol. The van der Waals surface area contributed by atoms with Gasteiger partial charge in [-0.05, 0) is 79.4 Å². The van der Waals surface area contributed by atoms with Gasteiger partial charge in [0.05, 0.1) is 12.7 Å². The molecule has 5 N–H and O–H groups in total. The first-order valence-electron chi connectivity index (χ1n) is 16.8. The molecule has 0 aromatic heterocycles. The number of aliphatic hydroxyl groups excluding tert-OH is 4. The van der Waals surface area contributed by atoms with Gasteiger partial charge in [0.1, 0.15) is 36.1 Å². The Balaban J connectivity index is 1.36. The average molecular weight is 607 g/mol. The van der Waals surface area contributed by atoms with Crippen LogP contribution in [0.1, 0.15) is 86.5 Å². The number of fused-ring (bicyclic) bond motifs is 5. The maximum Gasteiger partial charge on any atom is 0.186 e. The fourth-order valence-corrected chi connectivity index (χ4v) is 9.86. The Morgan fingerprint density at radius 1 is 0.953 bits per heavy atom. The van der Waals surface area contributed by atoms with Gasteiger partial charge in [-0.15, -0.1) is 0 Å². The van der Waals surface area contributed by atoms with Gasteiger partial charge in [-0.2, -0.15) is 0 Å². The van der Waals surface area contributed by atoms with Crippen LogP contribution in [-0.4, -0.2) is 87.8 Å². The predicted molar refractivity (Wildman–Crippen MR) is 164 cm³/mol. The summed E-state index contributed by atoms with van der Waals surface area (Å²) in [4.78, 5) is 0. The van der Waals surface area contributed by atoms with E-state index in [9.17, 15) is 25.5 Å². The van der Waals surface area contributed by atoms with Gasteiger partial charge in [-0.3, -0.25) is 0 Å². The molecule has 0 unspecified atom stereocenters. The Kier molecular flexibility index (Phi) is 9.67. The van der Waals surface area contributed by atoms with Crippen LogP contribution in [0.5, 0.6) is 0 Å². The minimum atomic E-state index is -1.50. The summed E-state index contributed by atoms with van der Waals surface area (Å²) >= 11 is 0. The van der Waals surface area contributed by atoms with E-state index in [0.717, 1.165) is 19.3 Å². The Morgan fingerprint density at radius 3 is 2.33 bits per heavy atom. The molecule has 5 aliphatic rings. The molecule has 4 aliphatic carbocycles. The number of methoxy groups -OCH3 is 1. The second kappa shape index (κ2) is 12.4. The van der Waals surface area contributed by atoms with Crippen molar-refractivity contribution in [3.05, 3.63) is 23.8 Å². The normalized spacial score (nSPS) is 49.7. The van der Waals surface area contributed by atoms with E-state index in [1.54, 1.807) is 7.11 Å².